The van der Waals surface area contributed by atoms with Crippen LogP contribution in [0.2, 0.25) is 0 Å². The number of nitrogens with zero attached hydrogens (tertiary/aromatic N) is 5. The molecule has 0 saturated carbocycles. The first-order valence-corrected chi connectivity index (χ1v) is 10.2. The average molecular weight is 404 g/mol. The lowest BCUT2D eigenvalue weighted by Gasteiger charge is -2.30. The fourth-order valence-corrected chi connectivity index (χ4v) is 4.27. The number of para-hydroxylation sites is 2. The molecule has 0 radical (unpaired) electrons. The smallest absolute Gasteiger partial charge is 0.271 e. The normalized spacial score (nSPS) is 15.2. The number of oxazole rings is 1. The Balaban J connectivity index is 1.28. The highest BCUT2D eigenvalue weighted by molar-refractivity contribution is 5.93. The Morgan fingerprint density at radius 1 is 1.20 bits per heavy atom. The largest absolute Gasteiger partial charge is 0.440 e. The summed E-state index contributed by atoms with van der Waals surface area (Å²) in [6, 6.07) is 9.63. The van der Waals surface area contributed by atoms with Crippen LogP contribution < -0.4 is 0 Å². The molecule has 1 aliphatic heterocycles. The number of H-pyrrole nitrogens is 1. The van der Waals surface area contributed by atoms with Crippen molar-refractivity contribution < 1.29 is 9.21 Å². The first-order valence-electron chi connectivity index (χ1n) is 10.2. The number of hydrogen-bond donors (Lipinski definition) is 1. The molecule has 1 N–H and O–H groups in total. The van der Waals surface area contributed by atoms with Crippen LogP contribution in [-0.4, -0.2) is 48.9 Å². The Bertz CT molecular complexity index is 1190. The van der Waals surface area contributed by atoms with E-state index in [-0.39, 0.29) is 11.8 Å². The van der Waals surface area contributed by atoms with E-state index in [0.717, 1.165) is 52.5 Å². The van der Waals surface area contributed by atoms with Crippen LogP contribution in [0.3, 0.4) is 0 Å². The molecule has 4 aromatic rings. The molecule has 154 valence electrons. The van der Waals surface area contributed by atoms with Gasteiger partial charge in [-0.3, -0.25) is 14.6 Å². The minimum Gasteiger partial charge on any atom is -0.440 e. The molecule has 8 nitrogen and oxygen atoms in total. The summed E-state index contributed by atoms with van der Waals surface area (Å²) in [5, 5.41) is 11.7. The summed E-state index contributed by atoms with van der Waals surface area (Å²) in [5.41, 5.74) is 5.86. The van der Waals surface area contributed by atoms with Crippen molar-refractivity contribution in [2.45, 2.75) is 32.6 Å². The van der Waals surface area contributed by atoms with Crippen molar-refractivity contribution in [2.75, 3.05) is 13.1 Å². The van der Waals surface area contributed by atoms with Gasteiger partial charge in [0.2, 0.25) is 0 Å². The topological polar surface area (TPSA) is 92.8 Å². The summed E-state index contributed by atoms with van der Waals surface area (Å²) in [7, 11) is 1.91. The van der Waals surface area contributed by atoms with Crippen molar-refractivity contribution in [3.63, 3.8) is 0 Å². The molecule has 1 aromatic carbocycles. The zero-order valence-corrected chi connectivity index (χ0v) is 17.3. The van der Waals surface area contributed by atoms with E-state index in [9.17, 15) is 4.79 Å². The van der Waals surface area contributed by atoms with E-state index < -0.39 is 0 Å². The number of aryl methyl sites for hydroxylation is 2. The van der Waals surface area contributed by atoms with E-state index in [1.54, 1.807) is 0 Å². The van der Waals surface area contributed by atoms with Gasteiger partial charge in [0.15, 0.2) is 11.5 Å². The highest BCUT2D eigenvalue weighted by Gasteiger charge is 2.28. The van der Waals surface area contributed by atoms with Crippen molar-refractivity contribution in [3.8, 4) is 11.3 Å². The van der Waals surface area contributed by atoms with Crippen LogP contribution in [-0.2, 0) is 7.05 Å². The molecule has 8 heteroatoms. The van der Waals surface area contributed by atoms with Gasteiger partial charge in [0, 0.05) is 37.3 Å². The second kappa shape index (κ2) is 7.12. The van der Waals surface area contributed by atoms with Crippen LogP contribution in [0.5, 0.6) is 0 Å². The van der Waals surface area contributed by atoms with Crippen LogP contribution >= 0.6 is 0 Å². The zero-order valence-electron chi connectivity index (χ0n) is 17.3. The summed E-state index contributed by atoms with van der Waals surface area (Å²) in [4.78, 5) is 19.5. The quantitative estimate of drug-likeness (QED) is 0.563. The highest BCUT2D eigenvalue weighted by atomic mass is 16.3. The van der Waals surface area contributed by atoms with Gasteiger partial charge in [-0.1, -0.05) is 12.1 Å². The third-order valence-electron chi connectivity index (χ3n) is 6.02. The van der Waals surface area contributed by atoms with Crippen LogP contribution in [0.15, 0.2) is 34.7 Å². The number of nitrogens with one attached hydrogen (secondary N) is 1. The Morgan fingerprint density at radius 2 is 1.97 bits per heavy atom. The molecule has 0 bridgehead atoms. The fraction of sp³-hybridized carbons (Fsp3) is 0.364. The summed E-state index contributed by atoms with van der Waals surface area (Å²) >= 11 is 0. The standard InChI is InChI=1S/C22H24N6O2/c1-13-20(14(2)27(3)26-13)17-12-18(25-24-17)22(29)28-10-8-15(9-11-28)21-23-16-6-4-5-7-19(16)30-21/h4-7,12,15H,8-11H2,1-3H3,(H,24,25). The minimum absolute atomic E-state index is 0.0241. The van der Waals surface area contributed by atoms with Gasteiger partial charge in [-0.05, 0) is 44.9 Å². The van der Waals surface area contributed by atoms with E-state index in [2.05, 4.69) is 20.3 Å². The third kappa shape index (κ3) is 3.08. The number of aromatic nitrogens is 5. The average Bonchev–Trinajstić information content (AvgIpc) is 3.45. The van der Waals surface area contributed by atoms with E-state index >= 15 is 0 Å². The molecular formula is C22H24N6O2. The van der Waals surface area contributed by atoms with Gasteiger partial charge >= 0.3 is 0 Å². The number of piperidine rings is 1. The van der Waals surface area contributed by atoms with Crippen LogP contribution in [0, 0.1) is 13.8 Å². The molecule has 1 aliphatic rings. The van der Waals surface area contributed by atoms with E-state index in [0.29, 0.717) is 18.8 Å². The molecular weight excluding hydrogens is 380 g/mol. The van der Waals surface area contributed by atoms with Gasteiger partial charge in [-0.2, -0.15) is 10.2 Å². The summed E-state index contributed by atoms with van der Waals surface area (Å²) in [5.74, 6) is 0.984. The van der Waals surface area contributed by atoms with Gasteiger partial charge in [-0.25, -0.2) is 4.98 Å². The molecule has 0 spiro atoms. The maximum Gasteiger partial charge on any atom is 0.271 e. The molecule has 1 amide bonds. The maximum atomic E-state index is 13.0. The van der Waals surface area contributed by atoms with Crippen molar-refractivity contribution in [1.29, 1.82) is 0 Å². The van der Waals surface area contributed by atoms with Crippen molar-refractivity contribution in [3.05, 3.63) is 53.3 Å². The fourth-order valence-electron chi connectivity index (χ4n) is 4.27. The molecule has 30 heavy (non-hydrogen) atoms. The monoisotopic (exact) mass is 404 g/mol. The lowest BCUT2D eigenvalue weighted by molar-refractivity contribution is 0.0700. The van der Waals surface area contributed by atoms with E-state index in [1.165, 1.54) is 0 Å². The molecule has 4 heterocycles. The van der Waals surface area contributed by atoms with Crippen molar-refractivity contribution >= 4 is 17.0 Å². The first-order chi connectivity index (χ1) is 14.5. The Labute approximate surface area is 173 Å². The molecule has 1 saturated heterocycles. The van der Waals surface area contributed by atoms with Gasteiger partial charge in [-0.15, -0.1) is 0 Å². The van der Waals surface area contributed by atoms with Gasteiger partial charge in [0.05, 0.1) is 11.4 Å². The number of rotatable bonds is 3. The molecule has 5 rings (SSSR count). The van der Waals surface area contributed by atoms with Crippen LogP contribution in [0.25, 0.3) is 22.4 Å². The number of aromatic amines is 1. The number of carbonyl (C=O) groups is 1. The molecule has 0 aliphatic carbocycles. The Hall–Kier alpha value is -3.42. The second-order valence-electron chi connectivity index (χ2n) is 7.92. The second-order valence-corrected chi connectivity index (χ2v) is 7.92. The van der Waals surface area contributed by atoms with Gasteiger partial charge in [0.1, 0.15) is 11.2 Å². The van der Waals surface area contributed by atoms with E-state index in [1.807, 2.05) is 60.8 Å². The number of fused-ring (bicyclic) bond motifs is 1. The van der Waals surface area contributed by atoms with Gasteiger partial charge < -0.3 is 9.32 Å². The minimum atomic E-state index is -0.0241. The molecule has 0 unspecified atom stereocenters. The predicted molar refractivity (Wildman–Crippen MR) is 112 cm³/mol. The summed E-state index contributed by atoms with van der Waals surface area (Å²) < 4.78 is 7.76. The maximum absolute atomic E-state index is 13.0. The van der Waals surface area contributed by atoms with Crippen LogP contribution in [0.4, 0.5) is 0 Å². The zero-order chi connectivity index (χ0) is 20.8. The number of benzene rings is 1. The lowest BCUT2D eigenvalue weighted by atomic mass is 9.96. The Morgan fingerprint density at radius 3 is 2.67 bits per heavy atom. The van der Waals surface area contributed by atoms with Gasteiger partial charge in [0.25, 0.3) is 5.91 Å². The summed E-state index contributed by atoms with van der Waals surface area (Å²) in [6.07, 6.45) is 1.67. The van der Waals surface area contributed by atoms with E-state index in [4.69, 9.17) is 4.42 Å². The number of hydrogen-bond acceptors (Lipinski definition) is 5. The van der Waals surface area contributed by atoms with Crippen molar-refractivity contribution in [1.82, 2.24) is 29.9 Å². The lowest BCUT2D eigenvalue weighted by Crippen LogP contribution is -2.38. The highest BCUT2D eigenvalue weighted by Crippen LogP contribution is 2.31. The molecule has 0 atom stereocenters. The number of carbonyl (C=O) groups excluding carboxylic acids is 1. The SMILES string of the molecule is Cc1nn(C)c(C)c1-c1cc(C(=O)N2CCC(c3nc4ccccc4o3)CC2)[nH]n1. The number of amides is 1. The first kappa shape index (κ1) is 18.6. The van der Waals surface area contributed by atoms with Crippen molar-refractivity contribution in [2.24, 2.45) is 7.05 Å². The summed E-state index contributed by atoms with van der Waals surface area (Å²) in [6.45, 7) is 5.29. The third-order valence-corrected chi connectivity index (χ3v) is 6.02. The van der Waals surface area contributed by atoms with Crippen LogP contribution in [0.1, 0.15) is 46.5 Å². The number of likely N-dealkylation sites (tertiary alicyclic amines) is 1. The molecule has 1 fully saturated rings. The predicted octanol–water partition coefficient (Wildman–Crippen LogP) is 3.59. The Kier molecular flexibility index (Phi) is 4.42. The molecule has 3 aromatic heterocycles.